The van der Waals surface area contributed by atoms with Crippen molar-refractivity contribution < 1.29 is 8.83 Å². The van der Waals surface area contributed by atoms with Crippen LogP contribution in [0.1, 0.15) is 0 Å². The van der Waals surface area contributed by atoms with Crippen LogP contribution in [0.4, 0.5) is 17.1 Å². The monoisotopic (exact) mass is 590 g/mol. The summed E-state index contributed by atoms with van der Waals surface area (Å²) in [7, 11) is 0. The van der Waals surface area contributed by atoms with E-state index in [9.17, 15) is 0 Å². The Morgan fingerprint density at radius 3 is 1.74 bits per heavy atom. The smallest absolute Gasteiger partial charge is 0.147 e. The zero-order valence-electron chi connectivity index (χ0n) is 24.7. The van der Waals surface area contributed by atoms with Gasteiger partial charge in [-0.3, -0.25) is 0 Å². The summed E-state index contributed by atoms with van der Waals surface area (Å²) in [5, 5.41) is 6.48. The molecule has 0 amide bonds. The van der Waals surface area contributed by atoms with Gasteiger partial charge in [0.2, 0.25) is 0 Å². The van der Waals surface area contributed by atoms with Crippen LogP contribution in [0.2, 0.25) is 0 Å². The van der Waals surface area contributed by atoms with Crippen LogP contribution in [0.3, 0.4) is 0 Å². The molecule has 46 heavy (non-hydrogen) atoms. The molecule has 0 aliphatic rings. The number of para-hydroxylation sites is 4. The van der Waals surface area contributed by atoms with Gasteiger partial charge in [0.15, 0.2) is 0 Å². The number of fused-ring (bicyclic) bond motifs is 11. The van der Waals surface area contributed by atoms with Crippen molar-refractivity contribution in [1.29, 1.82) is 0 Å². The van der Waals surface area contributed by atoms with Gasteiger partial charge in [0.1, 0.15) is 22.3 Å². The molecule has 0 N–H and O–H groups in total. The van der Waals surface area contributed by atoms with Crippen LogP contribution in [-0.4, -0.2) is 4.57 Å². The lowest BCUT2D eigenvalue weighted by molar-refractivity contribution is 0.664. The largest absolute Gasteiger partial charge is 0.456 e. The van der Waals surface area contributed by atoms with E-state index >= 15 is 0 Å². The fourth-order valence-corrected chi connectivity index (χ4v) is 7.19. The van der Waals surface area contributed by atoms with Crippen LogP contribution in [0.25, 0.3) is 71.4 Å². The normalized spacial score (nSPS) is 11.9. The van der Waals surface area contributed by atoms with E-state index in [1.54, 1.807) is 0 Å². The number of anilines is 3. The van der Waals surface area contributed by atoms with Crippen molar-refractivity contribution in [2.75, 3.05) is 4.90 Å². The lowest BCUT2D eigenvalue weighted by atomic mass is 10.1. The molecule has 0 radical (unpaired) electrons. The minimum Gasteiger partial charge on any atom is -0.456 e. The van der Waals surface area contributed by atoms with Gasteiger partial charge in [0.25, 0.3) is 0 Å². The molecule has 4 heteroatoms. The van der Waals surface area contributed by atoms with Crippen LogP contribution >= 0.6 is 0 Å². The van der Waals surface area contributed by atoms with Crippen molar-refractivity contribution in [3.8, 4) is 5.69 Å². The van der Waals surface area contributed by atoms with Gasteiger partial charge in [-0.2, -0.15) is 0 Å². The van der Waals surface area contributed by atoms with Gasteiger partial charge in [-0.25, -0.2) is 0 Å². The second-order valence-corrected chi connectivity index (χ2v) is 11.7. The number of hydrogen-bond acceptors (Lipinski definition) is 3. The predicted molar refractivity (Wildman–Crippen MR) is 190 cm³/mol. The van der Waals surface area contributed by atoms with Gasteiger partial charge in [0.05, 0.1) is 21.8 Å². The Bertz CT molecular complexity index is 2700. The van der Waals surface area contributed by atoms with Crippen molar-refractivity contribution in [2.24, 2.45) is 0 Å². The topological polar surface area (TPSA) is 34.5 Å². The summed E-state index contributed by atoms with van der Waals surface area (Å²) >= 11 is 0. The van der Waals surface area contributed by atoms with Crippen molar-refractivity contribution in [2.45, 2.75) is 0 Å². The van der Waals surface area contributed by atoms with Crippen LogP contribution in [0, 0.1) is 0 Å². The average molecular weight is 591 g/mol. The summed E-state index contributed by atoms with van der Waals surface area (Å²) in [4.78, 5) is 2.31. The second-order valence-electron chi connectivity index (χ2n) is 11.7. The summed E-state index contributed by atoms with van der Waals surface area (Å²) in [6.45, 7) is 0. The molecule has 216 valence electrons. The number of hydrogen-bond donors (Lipinski definition) is 0. The molecule has 0 unspecified atom stereocenters. The van der Waals surface area contributed by atoms with Crippen molar-refractivity contribution in [3.63, 3.8) is 0 Å². The van der Waals surface area contributed by atoms with Gasteiger partial charge in [-0.15, -0.1) is 0 Å². The summed E-state index contributed by atoms with van der Waals surface area (Å²) in [5.41, 5.74) is 10.0. The van der Waals surface area contributed by atoms with Gasteiger partial charge in [-0.1, -0.05) is 72.8 Å². The molecule has 10 aromatic rings. The Morgan fingerprint density at radius 2 is 1.00 bits per heavy atom. The quantitative estimate of drug-likeness (QED) is 0.204. The highest BCUT2D eigenvalue weighted by atomic mass is 16.3. The maximum absolute atomic E-state index is 6.99. The Balaban J connectivity index is 1.34. The molecule has 3 aromatic heterocycles. The highest BCUT2D eigenvalue weighted by molar-refractivity contribution is 6.28. The maximum atomic E-state index is 6.99. The third kappa shape index (κ3) is 3.55. The zero-order valence-corrected chi connectivity index (χ0v) is 24.7. The molecule has 0 atom stereocenters. The number of aromatic nitrogens is 1. The van der Waals surface area contributed by atoms with Gasteiger partial charge in [0, 0.05) is 44.3 Å². The summed E-state index contributed by atoms with van der Waals surface area (Å²) < 4.78 is 15.6. The lowest BCUT2D eigenvalue weighted by Gasteiger charge is -2.25. The Kier molecular flexibility index (Phi) is 5.25. The SMILES string of the molecule is c1ccc(N(c2ccccc2)c2ccc3c(c2)c2c4oc5c(ccc6oc7ccccc7c65)c4ccc2n3-c2ccccc2)cc1. The fourth-order valence-electron chi connectivity index (χ4n) is 7.19. The van der Waals surface area contributed by atoms with E-state index in [4.69, 9.17) is 8.83 Å². The molecule has 0 fully saturated rings. The highest BCUT2D eigenvalue weighted by Gasteiger charge is 2.22. The van der Waals surface area contributed by atoms with Gasteiger partial charge >= 0.3 is 0 Å². The number of rotatable bonds is 4. The van der Waals surface area contributed by atoms with E-state index in [0.29, 0.717) is 0 Å². The van der Waals surface area contributed by atoms with E-state index in [1.165, 1.54) is 0 Å². The standard InChI is InChI=1S/C42H26N2O2/c1-4-12-27(13-5-1)43(28-14-6-2-7-15-28)30-20-23-35-34(26-30)39-36(44(35)29-16-8-3-9-17-29)24-21-31-32-22-25-38-40(42(32)46-41(31)39)33-18-10-11-19-37(33)45-38/h1-26H. The van der Waals surface area contributed by atoms with E-state index in [1.807, 2.05) is 12.1 Å². The first-order chi connectivity index (χ1) is 22.8. The molecule has 0 saturated heterocycles. The zero-order chi connectivity index (χ0) is 30.2. The minimum absolute atomic E-state index is 0.833. The molecule has 4 nitrogen and oxygen atoms in total. The first-order valence-electron chi connectivity index (χ1n) is 15.5. The fraction of sp³-hybridized carbons (Fsp3) is 0. The first kappa shape index (κ1) is 25.1. The molecular formula is C42H26N2O2. The van der Waals surface area contributed by atoms with Crippen molar-refractivity contribution in [1.82, 2.24) is 4.57 Å². The van der Waals surface area contributed by atoms with Gasteiger partial charge < -0.3 is 18.3 Å². The Labute approximate surface area is 263 Å². The van der Waals surface area contributed by atoms with E-state index in [0.717, 1.165) is 88.4 Å². The molecule has 10 rings (SSSR count). The summed E-state index contributed by atoms with van der Waals surface area (Å²) in [6.07, 6.45) is 0. The van der Waals surface area contributed by atoms with Crippen LogP contribution in [-0.2, 0) is 0 Å². The van der Waals surface area contributed by atoms with Crippen molar-refractivity contribution in [3.05, 3.63) is 158 Å². The molecule has 0 aliphatic carbocycles. The highest BCUT2D eigenvalue weighted by Crippen LogP contribution is 2.45. The van der Waals surface area contributed by atoms with E-state index < -0.39 is 0 Å². The molecular weight excluding hydrogens is 564 g/mol. The predicted octanol–water partition coefficient (Wildman–Crippen LogP) is 12.1. The van der Waals surface area contributed by atoms with Crippen LogP contribution < -0.4 is 4.90 Å². The van der Waals surface area contributed by atoms with E-state index in [2.05, 4.69) is 155 Å². The molecule has 0 saturated carbocycles. The van der Waals surface area contributed by atoms with Gasteiger partial charge in [-0.05, 0) is 84.9 Å². The first-order valence-corrected chi connectivity index (χ1v) is 15.5. The maximum Gasteiger partial charge on any atom is 0.147 e. The Hall–Kier alpha value is -6.26. The Morgan fingerprint density at radius 1 is 0.391 bits per heavy atom. The van der Waals surface area contributed by atoms with Crippen LogP contribution in [0.15, 0.2) is 167 Å². The van der Waals surface area contributed by atoms with E-state index in [-0.39, 0.29) is 0 Å². The summed E-state index contributed by atoms with van der Waals surface area (Å²) in [6, 6.07) is 55.3. The summed E-state index contributed by atoms with van der Waals surface area (Å²) in [5.74, 6) is 0. The molecule has 0 bridgehead atoms. The molecule has 3 heterocycles. The third-order valence-corrected chi connectivity index (χ3v) is 9.16. The number of furan rings is 2. The van der Waals surface area contributed by atoms with Crippen molar-refractivity contribution >= 4 is 82.7 Å². The molecule has 0 aliphatic heterocycles. The van der Waals surface area contributed by atoms with Crippen LogP contribution in [0.5, 0.6) is 0 Å². The minimum atomic E-state index is 0.833. The number of nitrogens with zero attached hydrogens (tertiary/aromatic N) is 2. The number of benzene rings is 7. The third-order valence-electron chi connectivity index (χ3n) is 9.16. The molecule has 0 spiro atoms. The lowest BCUT2D eigenvalue weighted by Crippen LogP contribution is -2.09. The molecule has 7 aromatic carbocycles. The average Bonchev–Trinajstić information content (AvgIpc) is 3.79. The second kappa shape index (κ2) is 9.62.